The fourth-order valence-electron chi connectivity index (χ4n) is 2.31. The lowest BCUT2D eigenvalue weighted by Crippen LogP contribution is -2.06. The second kappa shape index (κ2) is 8.67. The number of alkyl halides is 3. The zero-order valence-corrected chi connectivity index (χ0v) is 15.0. The van der Waals surface area contributed by atoms with Gasteiger partial charge in [-0.15, -0.1) is 0 Å². The van der Waals surface area contributed by atoms with E-state index in [-0.39, 0.29) is 11.6 Å². The molecule has 0 saturated heterocycles. The van der Waals surface area contributed by atoms with Crippen molar-refractivity contribution < 1.29 is 22.6 Å². The van der Waals surface area contributed by atoms with Crippen LogP contribution in [-0.4, -0.2) is 35.3 Å². The number of pyridine rings is 1. The number of ether oxygens (including phenoxy) is 2. The van der Waals surface area contributed by atoms with Crippen molar-refractivity contribution in [3.05, 3.63) is 59.4 Å². The minimum atomic E-state index is -4.38. The summed E-state index contributed by atoms with van der Waals surface area (Å²) >= 11 is 0. The SMILES string of the molecule is COCCCOc1nc2cccnc2nc1C#Cc1ccc(C(F)(F)F)cc1. The molecule has 144 valence electrons. The third kappa shape index (κ3) is 4.96. The summed E-state index contributed by atoms with van der Waals surface area (Å²) in [6.45, 7) is 0.901. The largest absolute Gasteiger partial charge is 0.476 e. The predicted octanol–water partition coefficient (Wildman–Crippen LogP) is 3.86. The van der Waals surface area contributed by atoms with Crippen molar-refractivity contribution in [3.8, 4) is 17.7 Å². The molecule has 3 rings (SSSR count). The second-order valence-electron chi connectivity index (χ2n) is 5.74. The Morgan fingerprint density at radius 2 is 1.79 bits per heavy atom. The number of benzene rings is 1. The van der Waals surface area contributed by atoms with Crippen LogP contribution >= 0.6 is 0 Å². The first kappa shape index (κ1) is 19.6. The maximum absolute atomic E-state index is 12.7. The van der Waals surface area contributed by atoms with Crippen LogP contribution in [0.15, 0.2) is 42.6 Å². The van der Waals surface area contributed by atoms with Crippen LogP contribution in [0.3, 0.4) is 0 Å². The van der Waals surface area contributed by atoms with Crippen LogP contribution in [0, 0.1) is 11.8 Å². The summed E-state index contributed by atoms with van der Waals surface area (Å²) in [5.41, 5.74) is 0.924. The van der Waals surface area contributed by atoms with Crippen LogP contribution in [-0.2, 0) is 10.9 Å². The van der Waals surface area contributed by atoms with Gasteiger partial charge in [0.25, 0.3) is 0 Å². The van der Waals surface area contributed by atoms with Crippen LogP contribution < -0.4 is 4.74 Å². The van der Waals surface area contributed by atoms with Gasteiger partial charge >= 0.3 is 6.18 Å². The second-order valence-corrected chi connectivity index (χ2v) is 5.74. The lowest BCUT2D eigenvalue weighted by molar-refractivity contribution is -0.137. The average molecular weight is 387 g/mol. The summed E-state index contributed by atoms with van der Waals surface area (Å²) in [7, 11) is 1.60. The molecule has 0 bridgehead atoms. The van der Waals surface area contributed by atoms with Gasteiger partial charge in [-0.3, -0.25) is 0 Å². The maximum atomic E-state index is 12.7. The van der Waals surface area contributed by atoms with Crippen LogP contribution in [0.4, 0.5) is 13.2 Å². The zero-order valence-electron chi connectivity index (χ0n) is 15.0. The minimum Gasteiger partial charge on any atom is -0.476 e. The van der Waals surface area contributed by atoms with E-state index in [1.165, 1.54) is 12.1 Å². The smallest absolute Gasteiger partial charge is 0.416 e. The molecule has 0 spiro atoms. The number of methoxy groups -OCH3 is 1. The molecule has 28 heavy (non-hydrogen) atoms. The van der Waals surface area contributed by atoms with E-state index in [0.717, 1.165) is 12.1 Å². The highest BCUT2D eigenvalue weighted by Crippen LogP contribution is 2.29. The molecule has 0 saturated carbocycles. The predicted molar refractivity (Wildman–Crippen MR) is 96.7 cm³/mol. The van der Waals surface area contributed by atoms with Crippen molar-refractivity contribution in [2.75, 3.05) is 20.3 Å². The summed E-state index contributed by atoms with van der Waals surface area (Å²) in [6, 6.07) is 8.08. The fraction of sp³-hybridized carbons (Fsp3) is 0.250. The molecule has 8 heteroatoms. The van der Waals surface area contributed by atoms with Gasteiger partial charge in [0.2, 0.25) is 5.88 Å². The molecule has 5 nitrogen and oxygen atoms in total. The highest BCUT2D eigenvalue weighted by atomic mass is 19.4. The molecule has 0 fully saturated rings. The van der Waals surface area contributed by atoms with Crippen LogP contribution in [0.5, 0.6) is 5.88 Å². The third-order valence-corrected chi connectivity index (χ3v) is 3.68. The summed E-state index contributed by atoms with van der Waals surface area (Å²) in [5, 5.41) is 0. The van der Waals surface area contributed by atoms with E-state index >= 15 is 0 Å². The lowest BCUT2D eigenvalue weighted by Gasteiger charge is -2.07. The van der Waals surface area contributed by atoms with Crippen LogP contribution in [0.25, 0.3) is 11.2 Å². The lowest BCUT2D eigenvalue weighted by atomic mass is 10.1. The normalized spacial score (nSPS) is 11.1. The minimum absolute atomic E-state index is 0.246. The van der Waals surface area contributed by atoms with E-state index in [1.807, 2.05) is 0 Å². The highest BCUT2D eigenvalue weighted by Gasteiger charge is 2.29. The quantitative estimate of drug-likeness (QED) is 0.492. The van der Waals surface area contributed by atoms with Crippen LogP contribution in [0.2, 0.25) is 0 Å². The third-order valence-electron chi connectivity index (χ3n) is 3.68. The van der Waals surface area contributed by atoms with Gasteiger partial charge in [-0.1, -0.05) is 5.92 Å². The van der Waals surface area contributed by atoms with Crippen LogP contribution in [0.1, 0.15) is 23.2 Å². The number of rotatable bonds is 5. The number of fused-ring (bicyclic) bond motifs is 1. The van der Waals surface area contributed by atoms with E-state index in [1.54, 1.807) is 25.4 Å². The summed E-state index contributed by atoms with van der Waals surface area (Å²) < 4.78 is 48.6. The molecule has 0 N–H and O–H groups in total. The Bertz CT molecular complexity index is 1010. The first-order valence-electron chi connectivity index (χ1n) is 8.41. The molecule has 0 unspecified atom stereocenters. The van der Waals surface area contributed by atoms with Gasteiger partial charge in [0.1, 0.15) is 5.52 Å². The molecule has 1 aromatic carbocycles. The summed E-state index contributed by atoms with van der Waals surface area (Å²) in [5.74, 6) is 5.86. The zero-order chi connectivity index (χ0) is 20.0. The van der Waals surface area contributed by atoms with E-state index in [2.05, 4.69) is 26.8 Å². The first-order valence-corrected chi connectivity index (χ1v) is 8.41. The van der Waals surface area contributed by atoms with Crippen molar-refractivity contribution in [2.45, 2.75) is 12.6 Å². The Kier molecular flexibility index (Phi) is 6.06. The molecule has 0 radical (unpaired) electrons. The Hall–Kier alpha value is -3.18. The molecule has 0 aliphatic rings. The maximum Gasteiger partial charge on any atom is 0.416 e. The number of aromatic nitrogens is 3. The monoisotopic (exact) mass is 387 g/mol. The average Bonchev–Trinajstić information content (AvgIpc) is 2.69. The summed E-state index contributed by atoms with van der Waals surface area (Å²) in [6.07, 6.45) is -2.14. The number of hydrogen-bond donors (Lipinski definition) is 0. The van der Waals surface area contributed by atoms with Crippen molar-refractivity contribution in [2.24, 2.45) is 0 Å². The molecular weight excluding hydrogens is 371 g/mol. The van der Waals surface area contributed by atoms with Crippen molar-refractivity contribution in [1.82, 2.24) is 15.0 Å². The molecule has 0 atom stereocenters. The Morgan fingerprint density at radius 3 is 2.50 bits per heavy atom. The van der Waals surface area contributed by atoms with Crippen molar-refractivity contribution >= 4 is 11.2 Å². The fourth-order valence-corrected chi connectivity index (χ4v) is 2.31. The van der Waals surface area contributed by atoms with Gasteiger partial charge in [0.15, 0.2) is 11.3 Å². The molecule has 0 amide bonds. The van der Waals surface area contributed by atoms with Crippen molar-refractivity contribution in [1.29, 1.82) is 0 Å². The van der Waals surface area contributed by atoms with E-state index < -0.39 is 11.7 Å². The Labute approximate surface area is 159 Å². The molecule has 2 aromatic heterocycles. The van der Waals surface area contributed by atoms with Gasteiger partial charge in [-0.25, -0.2) is 15.0 Å². The van der Waals surface area contributed by atoms with Gasteiger partial charge in [0, 0.05) is 31.9 Å². The van der Waals surface area contributed by atoms with Gasteiger partial charge in [-0.05, 0) is 42.3 Å². The Balaban J connectivity index is 1.89. The number of nitrogens with zero attached hydrogens (tertiary/aromatic N) is 3. The topological polar surface area (TPSA) is 57.1 Å². The van der Waals surface area contributed by atoms with E-state index in [9.17, 15) is 13.2 Å². The highest BCUT2D eigenvalue weighted by molar-refractivity contribution is 5.71. The van der Waals surface area contributed by atoms with Gasteiger partial charge < -0.3 is 9.47 Å². The van der Waals surface area contributed by atoms with E-state index in [0.29, 0.717) is 36.4 Å². The summed E-state index contributed by atoms with van der Waals surface area (Å²) in [4.78, 5) is 12.9. The van der Waals surface area contributed by atoms with Crippen molar-refractivity contribution in [3.63, 3.8) is 0 Å². The van der Waals surface area contributed by atoms with E-state index in [4.69, 9.17) is 9.47 Å². The van der Waals surface area contributed by atoms with Gasteiger partial charge in [-0.2, -0.15) is 13.2 Å². The Morgan fingerprint density at radius 1 is 1.00 bits per heavy atom. The number of hydrogen-bond acceptors (Lipinski definition) is 5. The molecular formula is C20H16F3N3O2. The standard InChI is InChI=1S/C20H16F3N3O2/c1-27-12-3-13-28-19-17(25-18-16(26-19)4-2-11-24-18)10-7-14-5-8-15(9-6-14)20(21,22)23/h2,4-6,8-9,11H,3,12-13H2,1H3. The number of halogens is 3. The first-order chi connectivity index (χ1) is 13.5. The molecule has 3 aromatic rings. The van der Waals surface area contributed by atoms with Gasteiger partial charge in [0.05, 0.1) is 12.2 Å². The molecule has 0 aliphatic carbocycles. The molecule has 2 heterocycles. The molecule has 0 aliphatic heterocycles.